The lowest BCUT2D eigenvalue weighted by Gasteiger charge is -2.41. The lowest BCUT2D eigenvalue weighted by molar-refractivity contribution is 0.0447. The van der Waals surface area contributed by atoms with E-state index in [1.165, 1.54) is 42.4 Å². The maximum absolute atomic E-state index is 6.27. The summed E-state index contributed by atoms with van der Waals surface area (Å²) >= 11 is 0. The molecule has 2 heteroatoms. The van der Waals surface area contributed by atoms with Crippen LogP contribution in [0.15, 0.2) is 60.7 Å². The van der Waals surface area contributed by atoms with Crippen molar-refractivity contribution in [1.29, 1.82) is 0 Å². The van der Waals surface area contributed by atoms with Crippen molar-refractivity contribution in [3.63, 3.8) is 0 Å². The van der Waals surface area contributed by atoms with Crippen molar-refractivity contribution in [2.45, 2.75) is 50.5 Å². The third kappa shape index (κ3) is 2.84. The van der Waals surface area contributed by atoms with Crippen LogP contribution in [0.25, 0.3) is 5.57 Å². The van der Waals surface area contributed by atoms with Crippen molar-refractivity contribution >= 4 is 5.57 Å². The minimum absolute atomic E-state index is 0.370. The van der Waals surface area contributed by atoms with Crippen molar-refractivity contribution in [2.24, 2.45) is 0 Å². The van der Waals surface area contributed by atoms with Crippen molar-refractivity contribution in [1.82, 2.24) is 4.90 Å². The summed E-state index contributed by atoms with van der Waals surface area (Å²) in [5, 5.41) is 0. The smallest absolute Gasteiger partial charge is 0.0721 e. The van der Waals surface area contributed by atoms with E-state index in [1.54, 1.807) is 5.57 Å². The molecule has 2 nitrogen and oxygen atoms in total. The summed E-state index contributed by atoms with van der Waals surface area (Å²) in [5.74, 6) is 0. The zero-order chi connectivity index (χ0) is 16.6. The van der Waals surface area contributed by atoms with Gasteiger partial charge in [-0.1, -0.05) is 60.7 Å². The number of rotatable bonds is 3. The highest BCUT2D eigenvalue weighted by Crippen LogP contribution is 2.42. The van der Waals surface area contributed by atoms with Crippen molar-refractivity contribution < 1.29 is 4.74 Å². The van der Waals surface area contributed by atoms with E-state index in [0.717, 1.165) is 13.2 Å². The van der Waals surface area contributed by atoms with Crippen LogP contribution in [0.5, 0.6) is 0 Å². The van der Waals surface area contributed by atoms with E-state index in [2.05, 4.69) is 65.6 Å². The molecule has 0 aromatic heterocycles. The summed E-state index contributed by atoms with van der Waals surface area (Å²) in [4.78, 5) is 2.74. The average molecular weight is 331 g/mol. The largest absolute Gasteiger partial charge is 0.372 e. The van der Waals surface area contributed by atoms with Gasteiger partial charge in [0.25, 0.3) is 0 Å². The number of benzene rings is 2. The Bertz CT molecular complexity index is 782. The van der Waals surface area contributed by atoms with Crippen molar-refractivity contribution in [3.05, 3.63) is 77.4 Å². The van der Waals surface area contributed by atoms with Gasteiger partial charge in [-0.05, 0) is 47.9 Å². The molecule has 25 heavy (non-hydrogen) atoms. The molecule has 0 bridgehead atoms. The second kappa shape index (κ2) is 6.44. The highest BCUT2D eigenvalue weighted by atomic mass is 16.5. The predicted molar refractivity (Wildman–Crippen MR) is 101 cm³/mol. The third-order valence-corrected chi connectivity index (χ3v) is 6.13. The standard InChI is InChI=1S/C23H25NO/c1-2-6-17(7-3-1)16-25-20-14-19-11-12-22-21-9-5-4-8-18(21)10-13-23(22)24(19)15-20/h1-9,12,19-20,23H,10-11,13-16H2/t19-,20-,23-/m1/s1. The monoisotopic (exact) mass is 331 g/mol. The molecule has 1 aliphatic carbocycles. The molecule has 2 aromatic carbocycles. The molecule has 0 N–H and O–H groups in total. The first-order chi connectivity index (χ1) is 12.4. The summed E-state index contributed by atoms with van der Waals surface area (Å²) in [5.41, 5.74) is 5.87. The van der Waals surface area contributed by atoms with Gasteiger partial charge in [-0.25, -0.2) is 0 Å². The van der Waals surface area contributed by atoms with Gasteiger partial charge >= 0.3 is 0 Å². The molecule has 0 unspecified atom stereocenters. The van der Waals surface area contributed by atoms with Gasteiger partial charge in [0.05, 0.1) is 12.7 Å². The zero-order valence-electron chi connectivity index (χ0n) is 14.6. The van der Waals surface area contributed by atoms with Crippen LogP contribution in [0.1, 0.15) is 36.0 Å². The van der Waals surface area contributed by atoms with Crippen LogP contribution in [0, 0.1) is 0 Å². The van der Waals surface area contributed by atoms with Gasteiger partial charge in [0.1, 0.15) is 0 Å². The number of aryl methyl sites for hydroxylation is 1. The number of fused-ring (bicyclic) bond motifs is 5. The normalized spacial score (nSPS) is 28.0. The second-order valence-corrected chi connectivity index (χ2v) is 7.61. The van der Waals surface area contributed by atoms with E-state index in [1.807, 2.05) is 0 Å². The maximum Gasteiger partial charge on any atom is 0.0721 e. The number of nitrogens with zero attached hydrogens (tertiary/aromatic N) is 1. The molecule has 0 amide bonds. The van der Waals surface area contributed by atoms with Gasteiger partial charge in [0.15, 0.2) is 0 Å². The first kappa shape index (κ1) is 15.4. The first-order valence-electron chi connectivity index (χ1n) is 9.58. The van der Waals surface area contributed by atoms with E-state index in [4.69, 9.17) is 4.74 Å². The Morgan fingerprint density at radius 1 is 1.00 bits per heavy atom. The SMILES string of the molecule is C1=C2c3ccccc3CC[C@H]2N2C[C@H](OCc3ccccc3)C[C@H]2C1. The Hall–Kier alpha value is -1.90. The van der Waals surface area contributed by atoms with E-state index in [-0.39, 0.29) is 0 Å². The van der Waals surface area contributed by atoms with E-state index in [0.29, 0.717) is 18.2 Å². The Kier molecular flexibility index (Phi) is 3.95. The molecule has 0 radical (unpaired) electrons. The van der Waals surface area contributed by atoms with E-state index in [9.17, 15) is 0 Å². The average Bonchev–Trinajstić information content (AvgIpc) is 3.10. The minimum Gasteiger partial charge on any atom is -0.372 e. The summed E-state index contributed by atoms with van der Waals surface area (Å²) < 4.78 is 6.27. The van der Waals surface area contributed by atoms with Gasteiger partial charge < -0.3 is 4.74 Å². The Balaban J connectivity index is 1.29. The molecule has 3 atom stereocenters. The topological polar surface area (TPSA) is 12.5 Å². The van der Waals surface area contributed by atoms with E-state index < -0.39 is 0 Å². The lowest BCUT2D eigenvalue weighted by Crippen LogP contribution is -2.44. The second-order valence-electron chi connectivity index (χ2n) is 7.61. The predicted octanol–water partition coefficient (Wildman–Crippen LogP) is 4.45. The maximum atomic E-state index is 6.27. The molecule has 0 saturated carbocycles. The molecule has 128 valence electrons. The summed E-state index contributed by atoms with van der Waals surface area (Å²) in [6.45, 7) is 1.82. The van der Waals surface area contributed by atoms with Crippen LogP contribution in [-0.2, 0) is 17.8 Å². The highest BCUT2D eigenvalue weighted by Gasteiger charge is 2.41. The number of ether oxygens (including phenoxy) is 1. The fourth-order valence-electron chi connectivity index (χ4n) is 4.92. The molecule has 2 heterocycles. The van der Waals surface area contributed by atoms with Crippen LogP contribution in [-0.4, -0.2) is 29.6 Å². The highest BCUT2D eigenvalue weighted by molar-refractivity contribution is 5.74. The van der Waals surface area contributed by atoms with Crippen LogP contribution < -0.4 is 0 Å². The molecular weight excluding hydrogens is 306 g/mol. The Labute approximate surface area is 150 Å². The first-order valence-corrected chi connectivity index (χ1v) is 9.58. The van der Waals surface area contributed by atoms with Gasteiger partial charge in [-0.3, -0.25) is 4.90 Å². The molecular formula is C23H25NO. The molecule has 5 rings (SSSR count). The lowest BCUT2D eigenvalue weighted by atomic mass is 9.80. The minimum atomic E-state index is 0.370. The molecule has 1 fully saturated rings. The Morgan fingerprint density at radius 3 is 2.76 bits per heavy atom. The van der Waals surface area contributed by atoms with E-state index >= 15 is 0 Å². The molecule has 2 aromatic rings. The number of hydrogen-bond acceptors (Lipinski definition) is 2. The number of hydrogen-bond donors (Lipinski definition) is 0. The Morgan fingerprint density at radius 2 is 1.84 bits per heavy atom. The van der Waals surface area contributed by atoms with Gasteiger partial charge in [0.2, 0.25) is 0 Å². The van der Waals surface area contributed by atoms with Crippen LogP contribution in [0.4, 0.5) is 0 Å². The van der Waals surface area contributed by atoms with Crippen molar-refractivity contribution in [2.75, 3.05) is 6.54 Å². The van der Waals surface area contributed by atoms with Crippen molar-refractivity contribution in [3.8, 4) is 0 Å². The fourth-order valence-corrected chi connectivity index (χ4v) is 4.92. The summed E-state index contributed by atoms with van der Waals surface area (Å²) in [6, 6.07) is 20.8. The van der Waals surface area contributed by atoms with Crippen LogP contribution in [0.2, 0.25) is 0 Å². The van der Waals surface area contributed by atoms with Gasteiger partial charge in [-0.15, -0.1) is 0 Å². The van der Waals surface area contributed by atoms with Gasteiger partial charge in [-0.2, -0.15) is 0 Å². The summed E-state index contributed by atoms with van der Waals surface area (Å²) in [7, 11) is 0. The quantitative estimate of drug-likeness (QED) is 0.824. The van der Waals surface area contributed by atoms with Crippen LogP contribution >= 0.6 is 0 Å². The molecule has 3 aliphatic rings. The summed E-state index contributed by atoms with van der Waals surface area (Å²) in [6.07, 6.45) is 7.70. The molecule has 0 spiro atoms. The molecule has 2 aliphatic heterocycles. The molecule has 1 saturated heterocycles. The van der Waals surface area contributed by atoms with Gasteiger partial charge in [0, 0.05) is 18.6 Å². The zero-order valence-corrected chi connectivity index (χ0v) is 14.6. The fraction of sp³-hybridized carbons (Fsp3) is 0.391. The third-order valence-electron chi connectivity index (χ3n) is 6.13. The van der Waals surface area contributed by atoms with Crippen LogP contribution in [0.3, 0.4) is 0 Å².